The summed E-state index contributed by atoms with van der Waals surface area (Å²) < 4.78 is 1.72. The van der Waals surface area contributed by atoms with E-state index in [2.05, 4.69) is 23.8 Å². The highest BCUT2D eigenvalue weighted by atomic mass is 16.2. The highest BCUT2D eigenvalue weighted by Gasteiger charge is 2.34. The summed E-state index contributed by atoms with van der Waals surface area (Å²) in [6, 6.07) is 1.90. The van der Waals surface area contributed by atoms with Crippen molar-refractivity contribution < 1.29 is 4.79 Å². The number of aryl methyl sites for hydroxylation is 2. The van der Waals surface area contributed by atoms with Crippen molar-refractivity contribution in [3.8, 4) is 0 Å². The number of hydrogen-bond donors (Lipinski definition) is 0. The summed E-state index contributed by atoms with van der Waals surface area (Å²) in [5.41, 5.74) is 1.63. The van der Waals surface area contributed by atoms with Crippen molar-refractivity contribution in [1.82, 2.24) is 19.6 Å². The minimum Gasteiger partial charge on any atom is -0.337 e. The molecular formula is C19H32N4O. The maximum atomic E-state index is 12.7. The third-order valence-electron chi connectivity index (χ3n) is 5.66. The molecule has 1 atom stereocenters. The number of likely N-dealkylation sites (tertiary alicyclic amines) is 2. The lowest BCUT2D eigenvalue weighted by atomic mass is 9.83. The van der Waals surface area contributed by atoms with Gasteiger partial charge in [0.05, 0.1) is 5.69 Å². The van der Waals surface area contributed by atoms with Gasteiger partial charge in [0.15, 0.2) is 0 Å². The molecule has 0 aromatic carbocycles. The average molecular weight is 332 g/mol. The Morgan fingerprint density at radius 3 is 2.46 bits per heavy atom. The number of piperidine rings is 1. The Balaban J connectivity index is 1.53. The van der Waals surface area contributed by atoms with Crippen LogP contribution in [-0.4, -0.2) is 58.2 Å². The lowest BCUT2D eigenvalue weighted by Crippen LogP contribution is -2.39. The second-order valence-corrected chi connectivity index (χ2v) is 8.13. The molecule has 5 heteroatoms. The van der Waals surface area contributed by atoms with Crippen molar-refractivity contribution in [3.05, 3.63) is 17.5 Å². The van der Waals surface area contributed by atoms with E-state index in [1.54, 1.807) is 4.68 Å². The molecule has 3 heterocycles. The number of carbonyl (C=O) groups excluding carboxylic acids is 1. The first kappa shape index (κ1) is 17.5. The van der Waals surface area contributed by atoms with Crippen molar-refractivity contribution in [2.24, 2.45) is 24.8 Å². The normalized spacial score (nSPS) is 23.4. The molecule has 2 aliphatic rings. The SMILES string of the molecule is Cc1cc(C(=O)N2CCC(C3CCN(CC(C)C)CC3)C2)n(C)n1. The van der Waals surface area contributed by atoms with Crippen LogP contribution < -0.4 is 0 Å². The third kappa shape index (κ3) is 3.82. The Labute approximate surface area is 146 Å². The molecule has 134 valence electrons. The molecule has 1 amide bonds. The van der Waals surface area contributed by atoms with Gasteiger partial charge in [0.25, 0.3) is 5.91 Å². The predicted molar refractivity (Wildman–Crippen MR) is 96.0 cm³/mol. The maximum absolute atomic E-state index is 12.7. The van der Waals surface area contributed by atoms with Gasteiger partial charge >= 0.3 is 0 Å². The highest BCUT2D eigenvalue weighted by molar-refractivity contribution is 5.92. The van der Waals surface area contributed by atoms with Gasteiger partial charge in [-0.15, -0.1) is 0 Å². The summed E-state index contributed by atoms with van der Waals surface area (Å²) in [7, 11) is 1.86. The van der Waals surface area contributed by atoms with E-state index in [1.165, 1.54) is 32.5 Å². The lowest BCUT2D eigenvalue weighted by Gasteiger charge is -2.35. The zero-order valence-corrected chi connectivity index (χ0v) is 15.7. The van der Waals surface area contributed by atoms with E-state index in [9.17, 15) is 4.79 Å². The van der Waals surface area contributed by atoms with Crippen molar-refractivity contribution in [2.75, 3.05) is 32.7 Å². The number of hydrogen-bond acceptors (Lipinski definition) is 3. The minimum absolute atomic E-state index is 0.151. The van der Waals surface area contributed by atoms with Crippen molar-refractivity contribution in [3.63, 3.8) is 0 Å². The summed E-state index contributed by atoms with van der Waals surface area (Å²) in [5, 5.41) is 4.31. The molecule has 1 aromatic heterocycles. The molecule has 5 nitrogen and oxygen atoms in total. The van der Waals surface area contributed by atoms with Crippen LogP contribution in [0, 0.1) is 24.7 Å². The molecule has 1 aromatic rings. The van der Waals surface area contributed by atoms with Crippen LogP contribution in [-0.2, 0) is 7.05 Å². The van der Waals surface area contributed by atoms with Gasteiger partial charge < -0.3 is 9.80 Å². The molecule has 0 aliphatic carbocycles. The molecule has 0 radical (unpaired) electrons. The Kier molecular flexibility index (Phi) is 5.28. The molecule has 2 fully saturated rings. The molecule has 0 N–H and O–H groups in total. The molecular weight excluding hydrogens is 300 g/mol. The van der Waals surface area contributed by atoms with Crippen LogP contribution in [0.15, 0.2) is 6.07 Å². The third-order valence-corrected chi connectivity index (χ3v) is 5.66. The molecule has 3 rings (SSSR count). The fraction of sp³-hybridized carbons (Fsp3) is 0.789. The van der Waals surface area contributed by atoms with Crippen LogP contribution in [0.2, 0.25) is 0 Å². The smallest absolute Gasteiger partial charge is 0.272 e. The summed E-state index contributed by atoms with van der Waals surface area (Å²) in [4.78, 5) is 17.4. The zero-order chi connectivity index (χ0) is 17.3. The fourth-order valence-electron chi connectivity index (χ4n) is 4.45. The van der Waals surface area contributed by atoms with E-state index in [1.807, 2.05) is 24.9 Å². The van der Waals surface area contributed by atoms with E-state index in [0.717, 1.165) is 42.7 Å². The first-order chi connectivity index (χ1) is 11.4. The van der Waals surface area contributed by atoms with Crippen LogP contribution in [0.3, 0.4) is 0 Å². The Hall–Kier alpha value is -1.36. The van der Waals surface area contributed by atoms with Crippen LogP contribution in [0.4, 0.5) is 0 Å². The molecule has 0 spiro atoms. The molecule has 0 saturated carbocycles. The van der Waals surface area contributed by atoms with E-state index in [-0.39, 0.29) is 5.91 Å². The quantitative estimate of drug-likeness (QED) is 0.851. The largest absolute Gasteiger partial charge is 0.337 e. The predicted octanol–water partition coefficient (Wildman–Crippen LogP) is 2.56. The summed E-state index contributed by atoms with van der Waals surface area (Å²) in [5.74, 6) is 2.38. The maximum Gasteiger partial charge on any atom is 0.272 e. The summed E-state index contributed by atoms with van der Waals surface area (Å²) in [6.45, 7) is 12.1. The minimum atomic E-state index is 0.151. The Bertz CT molecular complexity index is 572. The van der Waals surface area contributed by atoms with E-state index in [4.69, 9.17) is 0 Å². The average Bonchev–Trinajstić information content (AvgIpc) is 3.13. The van der Waals surface area contributed by atoms with Gasteiger partial charge in [-0.25, -0.2) is 0 Å². The monoisotopic (exact) mass is 332 g/mol. The standard InChI is InChI=1S/C19H32N4O/c1-14(2)12-22-8-5-16(6-9-22)17-7-10-23(13-17)19(24)18-11-15(3)20-21(18)4/h11,14,16-17H,5-10,12-13H2,1-4H3. The second-order valence-electron chi connectivity index (χ2n) is 8.13. The van der Waals surface area contributed by atoms with E-state index >= 15 is 0 Å². The van der Waals surface area contributed by atoms with Gasteiger partial charge in [0.2, 0.25) is 0 Å². The summed E-state index contributed by atoms with van der Waals surface area (Å²) in [6.07, 6.45) is 3.76. The lowest BCUT2D eigenvalue weighted by molar-refractivity contribution is 0.0761. The fourth-order valence-corrected chi connectivity index (χ4v) is 4.45. The molecule has 24 heavy (non-hydrogen) atoms. The van der Waals surface area contributed by atoms with Crippen LogP contribution in [0.1, 0.15) is 49.3 Å². The summed E-state index contributed by atoms with van der Waals surface area (Å²) >= 11 is 0. The van der Waals surface area contributed by atoms with Gasteiger partial charge in [-0.3, -0.25) is 9.48 Å². The van der Waals surface area contributed by atoms with Crippen LogP contribution in [0.5, 0.6) is 0 Å². The zero-order valence-electron chi connectivity index (χ0n) is 15.7. The molecule has 2 aliphatic heterocycles. The number of amides is 1. The number of carbonyl (C=O) groups is 1. The topological polar surface area (TPSA) is 41.4 Å². The molecule has 1 unspecified atom stereocenters. The van der Waals surface area contributed by atoms with Gasteiger partial charge in [0.1, 0.15) is 5.69 Å². The van der Waals surface area contributed by atoms with Crippen molar-refractivity contribution in [1.29, 1.82) is 0 Å². The Morgan fingerprint density at radius 2 is 1.88 bits per heavy atom. The van der Waals surface area contributed by atoms with Gasteiger partial charge in [0, 0.05) is 26.7 Å². The molecule has 2 saturated heterocycles. The number of aromatic nitrogens is 2. The van der Waals surface area contributed by atoms with Crippen LogP contribution >= 0.6 is 0 Å². The van der Waals surface area contributed by atoms with Gasteiger partial charge in [-0.1, -0.05) is 13.8 Å². The van der Waals surface area contributed by atoms with E-state index < -0.39 is 0 Å². The molecule has 0 bridgehead atoms. The Morgan fingerprint density at radius 1 is 1.21 bits per heavy atom. The van der Waals surface area contributed by atoms with Crippen molar-refractivity contribution in [2.45, 2.75) is 40.0 Å². The first-order valence-electron chi connectivity index (χ1n) is 9.46. The van der Waals surface area contributed by atoms with Gasteiger partial charge in [-0.2, -0.15) is 5.10 Å². The number of rotatable bonds is 4. The highest BCUT2D eigenvalue weighted by Crippen LogP contribution is 2.32. The second kappa shape index (κ2) is 7.26. The van der Waals surface area contributed by atoms with Gasteiger partial charge in [-0.05, 0) is 63.1 Å². The van der Waals surface area contributed by atoms with Crippen molar-refractivity contribution >= 4 is 5.91 Å². The first-order valence-corrected chi connectivity index (χ1v) is 9.46. The van der Waals surface area contributed by atoms with E-state index in [0.29, 0.717) is 5.92 Å². The van der Waals surface area contributed by atoms with Crippen LogP contribution in [0.25, 0.3) is 0 Å². The number of nitrogens with zero attached hydrogens (tertiary/aromatic N) is 4.